The van der Waals surface area contributed by atoms with Crippen molar-refractivity contribution in [1.29, 1.82) is 0 Å². The number of nitrogens with zero attached hydrogens (tertiary/aromatic N) is 1. The molecule has 0 amide bonds. The van der Waals surface area contributed by atoms with Crippen LogP contribution in [0.3, 0.4) is 0 Å². The Kier molecular flexibility index (Phi) is 10.3. The lowest BCUT2D eigenvalue weighted by atomic mass is 10.3. The van der Waals surface area contributed by atoms with Gasteiger partial charge in [0.15, 0.2) is 5.96 Å². The van der Waals surface area contributed by atoms with E-state index in [1.165, 1.54) is 11.3 Å². The molecule has 0 unspecified atom stereocenters. The van der Waals surface area contributed by atoms with Gasteiger partial charge in [-0.25, -0.2) is 13.1 Å². The number of aliphatic imine (C=N–C) groups is 1. The fraction of sp³-hybridized carbons (Fsp3) is 0.643. The van der Waals surface area contributed by atoms with Crippen molar-refractivity contribution >= 4 is 39.1 Å². The Labute approximate surface area is 147 Å². The van der Waals surface area contributed by atoms with Crippen LogP contribution >= 0.6 is 23.1 Å². The standard InChI is InChI=1S/C14H26N4O2S3/c1-3-15-14(16-8-4-5-11-21-2)17-9-10-18-23(19,20)13-7-6-12-22-13/h6-7,12,18H,3-5,8-11H2,1-2H3,(H2,15,16,17). The van der Waals surface area contributed by atoms with Gasteiger partial charge in [0, 0.05) is 26.2 Å². The summed E-state index contributed by atoms with van der Waals surface area (Å²) in [6.45, 7) is 4.36. The minimum atomic E-state index is -3.39. The molecule has 0 saturated heterocycles. The molecule has 1 heterocycles. The van der Waals surface area contributed by atoms with Gasteiger partial charge in [-0.15, -0.1) is 11.3 Å². The molecule has 9 heteroatoms. The molecule has 3 N–H and O–H groups in total. The minimum absolute atomic E-state index is 0.317. The smallest absolute Gasteiger partial charge is 0.250 e. The molecule has 0 atom stereocenters. The molecule has 1 rings (SSSR count). The second kappa shape index (κ2) is 11.7. The van der Waals surface area contributed by atoms with Crippen molar-refractivity contribution in [2.24, 2.45) is 4.99 Å². The maximum atomic E-state index is 12.0. The zero-order valence-corrected chi connectivity index (χ0v) is 16.1. The molecular weight excluding hydrogens is 352 g/mol. The molecule has 0 spiro atoms. The lowest BCUT2D eigenvalue weighted by Crippen LogP contribution is -2.41. The number of hydrogen-bond donors (Lipinski definition) is 3. The van der Waals surface area contributed by atoms with Crippen molar-refractivity contribution in [3.8, 4) is 0 Å². The van der Waals surface area contributed by atoms with Gasteiger partial charge in [-0.05, 0) is 43.2 Å². The monoisotopic (exact) mass is 378 g/mol. The third-order valence-electron chi connectivity index (χ3n) is 2.84. The van der Waals surface area contributed by atoms with Gasteiger partial charge in [0.2, 0.25) is 10.0 Å². The van der Waals surface area contributed by atoms with Crippen LogP contribution in [0.25, 0.3) is 0 Å². The molecular formula is C14H26N4O2S3. The number of nitrogens with one attached hydrogen (secondary N) is 3. The maximum absolute atomic E-state index is 12.0. The summed E-state index contributed by atoms with van der Waals surface area (Å²) in [5.41, 5.74) is 0. The van der Waals surface area contributed by atoms with E-state index in [9.17, 15) is 8.42 Å². The van der Waals surface area contributed by atoms with Crippen LogP contribution in [0, 0.1) is 0 Å². The summed E-state index contributed by atoms with van der Waals surface area (Å²) in [4.78, 5) is 4.48. The second-order valence-electron chi connectivity index (χ2n) is 4.72. The Morgan fingerprint density at radius 3 is 2.78 bits per heavy atom. The van der Waals surface area contributed by atoms with E-state index in [0.29, 0.717) is 17.3 Å². The van der Waals surface area contributed by atoms with Crippen LogP contribution in [0.4, 0.5) is 0 Å². The number of sulfonamides is 1. The predicted molar refractivity (Wildman–Crippen MR) is 101 cm³/mol. The predicted octanol–water partition coefficient (Wildman–Crippen LogP) is 1.72. The van der Waals surface area contributed by atoms with Crippen molar-refractivity contribution in [2.75, 3.05) is 38.2 Å². The normalized spacial score (nSPS) is 12.3. The zero-order chi connectivity index (χ0) is 17.0. The summed E-state index contributed by atoms with van der Waals surface area (Å²) in [5, 5.41) is 8.05. The van der Waals surface area contributed by atoms with E-state index in [-0.39, 0.29) is 0 Å². The molecule has 0 aliphatic rings. The van der Waals surface area contributed by atoms with E-state index in [1.807, 2.05) is 18.7 Å². The Morgan fingerprint density at radius 1 is 1.30 bits per heavy atom. The molecule has 1 aromatic rings. The van der Waals surface area contributed by atoms with Gasteiger partial charge in [0.1, 0.15) is 4.21 Å². The Bertz CT molecular complexity index is 544. The SMILES string of the molecule is CCNC(=NCCCCSC)NCCNS(=O)(=O)c1cccs1. The first kappa shape index (κ1) is 20.3. The van der Waals surface area contributed by atoms with E-state index in [0.717, 1.165) is 37.6 Å². The quantitative estimate of drug-likeness (QED) is 0.310. The van der Waals surface area contributed by atoms with Gasteiger partial charge in [0.25, 0.3) is 0 Å². The average Bonchev–Trinajstić information content (AvgIpc) is 3.06. The third kappa shape index (κ3) is 8.59. The summed E-state index contributed by atoms with van der Waals surface area (Å²) in [6.07, 6.45) is 4.32. The Balaban J connectivity index is 2.31. The zero-order valence-electron chi connectivity index (χ0n) is 13.7. The van der Waals surface area contributed by atoms with E-state index in [2.05, 4.69) is 26.6 Å². The number of hydrogen-bond acceptors (Lipinski definition) is 5. The van der Waals surface area contributed by atoms with Gasteiger partial charge < -0.3 is 10.6 Å². The Hall–Kier alpha value is -0.770. The summed E-state index contributed by atoms with van der Waals surface area (Å²) < 4.78 is 26.8. The molecule has 132 valence electrons. The molecule has 1 aromatic heterocycles. The fourth-order valence-electron chi connectivity index (χ4n) is 1.74. The highest BCUT2D eigenvalue weighted by molar-refractivity contribution is 7.98. The molecule has 6 nitrogen and oxygen atoms in total. The lowest BCUT2D eigenvalue weighted by Gasteiger charge is -2.11. The lowest BCUT2D eigenvalue weighted by molar-refractivity contribution is 0.582. The van der Waals surface area contributed by atoms with Crippen LogP contribution in [-0.4, -0.2) is 52.6 Å². The van der Waals surface area contributed by atoms with E-state index < -0.39 is 10.0 Å². The second-order valence-corrected chi connectivity index (χ2v) is 8.64. The highest BCUT2D eigenvalue weighted by atomic mass is 32.2. The first-order valence-corrected chi connectivity index (χ1v) is 11.4. The summed E-state index contributed by atoms with van der Waals surface area (Å²) in [5.74, 6) is 1.89. The number of rotatable bonds is 11. The van der Waals surface area contributed by atoms with Gasteiger partial charge in [0.05, 0.1) is 0 Å². The van der Waals surface area contributed by atoms with Crippen LogP contribution in [0.2, 0.25) is 0 Å². The number of guanidine groups is 1. The van der Waals surface area contributed by atoms with Crippen LogP contribution in [0.1, 0.15) is 19.8 Å². The van der Waals surface area contributed by atoms with Crippen LogP contribution < -0.4 is 15.4 Å². The molecule has 0 aliphatic carbocycles. The minimum Gasteiger partial charge on any atom is -0.357 e. The number of thioether (sulfide) groups is 1. The summed E-state index contributed by atoms with van der Waals surface area (Å²) in [7, 11) is -3.39. The van der Waals surface area contributed by atoms with Crippen molar-refractivity contribution in [3.63, 3.8) is 0 Å². The molecule has 0 aromatic carbocycles. The fourth-order valence-corrected chi connectivity index (χ4v) is 4.31. The molecule has 0 fully saturated rings. The van der Waals surface area contributed by atoms with Crippen LogP contribution in [0.5, 0.6) is 0 Å². The summed E-state index contributed by atoms with van der Waals surface area (Å²) >= 11 is 3.06. The topological polar surface area (TPSA) is 82.6 Å². The van der Waals surface area contributed by atoms with E-state index in [4.69, 9.17) is 0 Å². The first-order valence-electron chi connectivity index (χ1n) is 7.64. The van der Waals surface area contributed by atoms with Gasteiger partial charge in [-0.1, -0.05) is 6.07 Å². The average molecular weight is 379 g/mol. The van der Waals surface area contributed by atoms with Gasteiger partial charge >= 0.3 is 0 Å². The highest BCUT2D eigenvalue weighted by Crippen LogP contribution is 2.14. The summed E-state index contributed by atoms with van der Waals surface area (Å²) in [6, 6.07) is 3.32. The van der Waals surface area contributed by atoms with E-state index in [1.54, 1.807) is 17.5 Å². The molecule has 0 saturated carbocycles. The first-order chi connectivity index (χ1) is 11.1. The van der Waals surface area contributed by atoms with Crippen LogP contribution in [-0.2, 0) is 10.0 Å². The Morgan fingerprint density at radius 2 is 2.13 bits per heavy atom. The number of thiophene rings is 1. The van der Waals surface area contributed by atoms with Crippen molar-refractivity contribution in [2.45, 2.75) is 24.0 Å². The van der Waals surface area contributed by atoms with Gasteiger partial charge in [-0.3, -0.25) is 4.99 Å². The highest BCUT2D eigenvalue weighted by Gasteiger charge is 2.13. The molecule has 0 bridgehead atoms. The molecule has 23 heavy (non-hydrogen) atoms. The van der Waals surface area contributed by atoms with Gasteiger partial charge in [-0.2, -0.15) is 11.8 Å². The van der Waals surface area contributed by atoms with E-state index >= 15 is 0 Å². The molecule has 0 radical (unpaired) electrons. The van der Waals surface area contributed by atoms with Crippen LogP contribution in [0.15, 0.2) is 26.7 Å². The largest absolute Gasteiger partial charge is 0.357 e. The third-order valence-corrected chi connectivity index (χ3v) is 6.40. The van der Waals surface area contributed by atoms with Crippen molar-refractivity contribution < 1.29 is 8.42 Å². The maximum Gasteiger partial charge on any atom is 0.250 e. The van der Waals surface area contributed by atoms with Crippen molar-refractivity contribution in [1.82, 2.24) is 15.4 Å². The molecule has 0 aliphatic heterocycles. The van der Waals surface area contributed by atoms with Crippen molar-refractivity contribution in [3.05, 3.63) is 17.5 Å². The number of unbranched alkanes of at least 4 members (excludes halogenated alkanes) is 1.